The normalized spacial score (nSPS) is 10.7. The van der Waals surface area contributed by atoms with E-state index in [1.165, 1.54) is 12.1 Å². The Morgan fingerprint density at radius 3 is 2.25 bits per heavy atom. The molecule has 0 heterocycles. The van der Waals surface area contributed by atoms with E-state index in [2.05, 4.69) is 10.2 Å². The molecule has 0 aliphatic carbocycles. The quantitative estimate of drug-likeness (QED) is 0.857. The predicted octanol–water partition coefficient (Wildman–Crippen LogP) is 3.87. The van der Waals surface area contributed by atoms with Crippen LogP contribution >= 0.6 is 0 Å². The number of hydrogen-bond acceptors (Lipinski definition) is 4. The van der Waals surface area contributed by atoms with Crippen molar-refractivity contribution >= 4 is 23.0 Å². The van der Waals surface area contributed by atoms with E-state index in [4.69, 9.17) is 5.11 Å². The van der Waals surface area contributed by atoms with Crippen molar-refractivity contribution in [1.82, 2.24) is 0 Å². The Kier molecular flexibility index (Phi) is 4.10. The minimum atomic E-state index is -0.952. The van der Waals surface area contributed by atoms with E-state index in [-0.39, 0.29) is 5.56 Å². The molecule has 20 heavy (non-hydrogen) atoms. The van der Waals surface area contributed by atoms with Gasteiger partial charge >= 0.3 is 5.97 Å². The van der Waals surface area contributed by atoms with Crippen LogP contribution in [-0.2, 0) is 0 Å². The topological polar surface area (TPSA) is 65.3 Å². The van der Waals surface area contributed by atoms with Crippen molar-refractivity contribution in [2.75, 3.05) is 19.0 Å². The molecule has 0 fully saturated rings. The lowest BCUT2D eigenvalue weighted by molar-refractivity contribution is 0.0697. The van der Waals surface area contributed by atoms with E-state index in [1.807, 2.05) is 43.3 Å². The summed E-state index contributed by atoms with van der Waals surface area (Å²) in [6, 6.07) is 14.0. The summed E-state index contributed by atoms with van der Waals surface area (Å²) in [6.07, 6.45) is 0. The summed E-state index contributed by atoms with van der Waals surface area (Å²) in [5.41, 5.74) is 2.58. The fraction of sp³-hybridized carbons (Fsp3) is 0.133. The van der Waals surface area contributed by atoms with E-state index in [1.54, 1.807) is 12.1 Å². The number of anilines is 1. The maximum atomic E-state index is 10.8. The van der Waals surface area contributed by atoms with Gasteiger partial charge in [-0.1, -0.05) is 12.1 Å². The van der Waals surface area contributed by atoms with E-state index in [9.17, 15) is 4.79 Å². The Balaban J connectivity index is 2.23. The fourth-order valence-corrected chi connectivity index (χ4v) is 1.71. The van der Waals surface area contributed by atoms with Gasteiger partial charge in [0.15, 0.2) is 0 Å². The van der Waals surface area contributed by atoms with Crippen LogP contribution in [-0.4, -0.2) is 25.2 Å². The minimum Gasteiger partial charge on any atom is -0.478 e. The Morgan fingerprint density at radius 2 is 1.65 bits per heavy atom. The van der Waals surface area contributed by atoms with Gasteiger partial charge in [0.25, 0.3) is 0 Å². The zero-order valence-electron chi connectivity index (χ0n) is 11.3. The number of benzene rings is 2. The standard InChI is InChI=1S/C15H15N3O2/c1-18(2)14-6-4-3-5-13(14)17-16-12-9-7-11(8-10-12)15(19)20/h3-10H,1-2H3,(H,19,20). The van der Waals surface area contributed by atoms with Gasteiger partial charge in [0.2, 0.25) is 0 Å². The van der Waals surface area contributed by atoms with Gasteiger partial charge in [-0.2, -0.15) is 5.11 Å². The summed E-state index contributed by atoms with van der Waals surface area (Å²) in [7, 11) is 3.88. The van der Waals surface area contributed by atoms with Crippen LogP contribution < -0.4 is 4.90 Å². The predicted molar refractivity (Wildman–Crippen MR) is 78.3 cm³/mol. The van der Waals surface area contributed by atoms with Crippen molar-refractivity contribution < 1.29 is 9.90 Å². The fourth-order valence-electron chi connectivity index (χ4n) is 1.71. The molecule has 2 aromatic rings. The molecule has 5 nitrogen and oxygen atoms in total. The molecule has 0 bridgehead atoms. The smallest absolute Gasteiger partial charge is 0.335 e. The highest BCUT2D eigenvalue weighted by Gasteiger charge is 2.03. The number of para-hydroxylation sites is 1. The molecular weight excluding hydrogens is 254 g/mol. The molecule has 0 amide bonds. The summed E-state index contributed by atoms with van der Waals surface area (Å²) in [5.74, 6) is -0.952. The highest BCUT2D eigenvalue weighted by atomic mass is 16.4. The molecule has 0 spiro atoms. The largest absolute Gasteiger partial charge is 0.478 e. The summed E-state index contributed by atoms with van der Waals surface area (Å²) >= 11 is 0. The van der Waals surface area contributed by atoms with E-state index in [0.29, 0.717) is 5.69 Å². The van der Waals surface area contributed by atoms with Gasteiger partial charge in [-0.3, -0.25) is 0 Å². The molecule has 102 valence electrons. The van der Waals surface area contributed by atoms with Gasteiger partial charge in [-0.15, -0.1) is 5.11 Å². The van der Waals surface area contributed by atoms with E-state index < -0.39 is 5.97 Å². The maximum absolute atomic E-state index is 10.8. The third-order valence-corrected chi connectivity index (χ3v) is 2.75. The van der Waals surface area contributed by atoms with Gasteiger partial charge in [0.05, 0.1) is 16.9 Å². The van der Waals surface area contributed by atoms with Crippen LogP contribution in [0.3, 0.4) is 0 Å². The number of carboxylic acids is 1. The second-order valence-electron chi connectivity index (χ2n) is 4.44. The van der Waals surface area contributed by atoms with Crippen molar-refractivity contribution in [3.05, 3.63) is 54.1 Å². The summed E-state index contributed by atoms with van der Waals surface area (Å²) in [6.45, 7) is 0. The van der Waals surface area contributed by atoms with Gasteiger partial charge in [0.1, 0.15) is 5.69 Å². The number of carboxylic acid groups (broad SMARTS) is 1. The number of carbonyl (C=O) groups is 1. The minimum absolute atomic E-state index is 0.234. The van der Waals surface area contributed by atoms with E-state index in [0.717, 1.165) is 11.4 Å². The molecule has 0 atom stereocenters. The second kappa shape index (κ2) is 5.97. The zero-order valence-corrected chi connectivity index (χ0v) is 11.3. The average Bonchev–Trinajstić information content (AvgIpc) is 2.45. The third kappa shape index (κ3) is 3.20. The monoisotopic (exact) mass is 269 g/mol. The van der Waals surface area contributed by atoms with Crippen LogP contribution in [0.4, 0.5) is 17.1 Å². The average molecular weight is 269 g/mol. The van der Waals surface area contributed by atoms with Gasteiger partial charge < -0.3 is 10.0 Å². The Hall–Kier alpha value is -2.69. The number of nitrogens with zero attached hydrogens (tertiary/aromatic N) is 3. The van der Waals surface area contributed by atoms with Crippen molar-refractivity contribution in [2.45, 2.75) is 0 Å². The first kappa shape index (κ1) is 13.7. The Bertz CT molecular complexity index is 634. The molecule has 0 radical (unpaired) electrons. The first-order valence-corrected chi connectivity index (χ1v) is 6.09. The molecule has 2 aromatic carbocycles. The summed E-state index contributed by atoms with van der Waals surface area (Å²) in [4.78, 5) is 12.7. The second-order valence-corrected chi connectivity index (χ2v) is 4.44. The van der Waals surface area contributed by atoms with Gasteiger partial charge in [-0.25, -0.2) is 4.79 Å². The number of rotatable bonds is 4. The first-order chi connectivity index (χ1) is 9.58. The SMILES string of the molecule is CN(C)c1ccccc1N=Nc1ccc(C(=O)O)cc1. The van der Waals surface area contributed by atoms with Crippen LogP contribution in [0.1, 0.15) is 10.4 Å². The lowest BCUT2D eigenvalue weighted by Gasteiger charge is -2.13. The van der Waals surface area contributed by atoms with Crippen LogP contribution in [0.15, 0.2) is 58.8 Å². The molecule has 0 saturated heterocycles. The maximum Gasteiger partial charge on any atom is 0.335 e. The Morgan fingerprint density at radius 1 is 1.00 bits per heavy atom. The van der Waals surface area contributed by atoms with Crippen LogP contribution in [0.25, 0.3) is 0 Å². The van der Waals surface area contributed by atoms with Crippen molar-refractivity contribution in [3.8, 4) is 0 Å². The number of aromatic carboxylic acids is 1. The zero-order chi connectivity index (χ0) is 14.5. The lowest BCUT2D eigenvalue weighted by atomic mass is 10.2. The number of azo groups is 1. The molecular formula is C15H15N3O2. The van der Waals surface area contributed by atoms with Gasteiger partial charge in [-0.05, 0) is 36.4 Å². The van der Waals surface area contributed by atoms with Gasteiger partial charge in [0, 0.05) is 14.1 Å². The molecule has 2 rings (SSSR count). The lowest BCUT2D eigenvalue weighted by Crippen LogP contribution is -2.08. The molecule has 0 aromatic heterocycles. The van der Waals surface area contributed by atoms with E-state index >= 15 is 0 Å². The molecule has 0 unspecified atom stereocenters. The highest BCUT2D eigenvalue weighted by molar-refractivity contribution is 5.87. The first-order valence-electron chi connectivity index (χ1n) is 6.09. The molecule has 1 N–H and O–H groups in total. The van der Waals surface area contributed by atoms with Crippen LogP contribution in [0, 0.1) is 0 Å². The summed E-state index contributed by atoms with van der Waals surface area (Å²) < 4.78 is 0. The molecule has 0 aliphatic rings. The summed E-state index contributed by atoms with van der Waals surface area (Å²) in [5, 5.41) is 17.2. The molecule has 0 aliphatic heterocycles. The molecule has 0 saturated carbocycles. The number of hydrogen-bond donors (Lipinski definition) is 1. The van der Waals surface area contributed by atoms with Crippen molar-refractivity contribution in [2.24, 2.45) is 10.2 Å². The van der Waals surface area contributed by atoms with Crippen LogP contribution in [0.5, 0.6) is 0 Å². The van der Waals surface area contributed by atoms with Crippen molar-refractivity contribution in [3.63, 3.8) is 0 Å². The van der Waals surface area contributed by atoms with Crippen LogP contribution in [0.2, 0.25) is 0 Å². The van der Waals surface area contributed by atoms with Crippen molar-refractivity contribution in [1.29, 1.82) is 0 Å². The molecule has 5 heteroatoms. The third-order valence-electron chi connectivity index (χ3n) is 2.75. The highest BCUT2D eigenvalue weighted by Crippen LogP contribution is 2.28. The Labute approximate surface area is 117 Å².